The summed E-state index contributed by atoms with van der Waals surface area (Å²) in [4.78, 5) is 28.5. The Kier molecular flexibility index (Phi) is 5.24. The maximum absolute atomic E-state index is 13.1. The van der Waals surface area contributed by atoms with E-state index in [-0.39, 0.29) is 24.0 Å². The van der Waals surface area contributed by atoms with Gasteiger partial charge in [0.15, 0.2) is 5.78 Å². The highest BCUT2D eigenvalue weighted by molar-refractivity contribution is 8.06. The number of rotatable bonds is 3. The summed E-state index contributed by atoms with van der Waals surface area (Å²) in [5.74, 6) is -0.264. The molecule has 2 heterocycles. The van der Waals surface area contributed by atoms with Gasteiger partial charge >= 0.3 is 0 Å². The normalized spacial score (nSPS) is 17.8. The molecule has 0 fully saturated rings. The number of nitrogens with one attached hydrogen (secondary N) is 1. The van der Waals surface area contributed by atoms with Crippen molar-refractivity contribution in [2.75, 3.05) is 16.0 Å². The summed E-state index contributed by atoms with van der Waals surface area (Å²) in [7, 11) is 0. The fraction of sp³-hybridized carbons (Fsp3) is 0.0833. The molecule has 2 aliphatic rings. The Balaban J connectivity index is 1.60. The molecule has 0 saturated heterocycles. The maximum atomic E-state index is 13.1. The molecule has 2 aromatic carbocycles. The van der Waals surface area contributed by atoms with Gasteiger partial charge in [-0.3, -0.25) is 14.5 Å². The van der Waals surface area contributed by atoms with Crippen molar-refractivity contribution in [3.8, 4) is 0 Å². The summed E-state index contributed by atoms with van der Waals surface area (Å²) in [6.45, 7) is 0. The number of nitrogens with two attached hydrogens (primary N) is 1. The van der Waals surface area contributed by atoms with Crippen LogP contribution in [-0.2, 0) is 11.2 Å². The molecule has 0 saturated carbocycles. The van der Waals surface area contributed by atoms with E-state index in [1.165, 1.54) is 23.1 Å². The van der Waals surface area contributed by atoms with Gasteiger partial charge in [0.05, 0.1) is 21.2 Å². The van der Waals surface area contributed by atoms with Gasteiger partial charge < -0.3 is 16.2 Å². The number of hydrogen-bond donors (Lipinski definition) is 3. The van der Waals surface area contributed by atoms with E-state index in [2.05, 4.69) is 5.32 Å². The summed E-state index contributed by atoms with van der Waals surface area (Å²) in [5.41, 5.74) is 9.42. The van der Waals surface area contributed by atoms with E-state index in [0.29, 0.717) is 38.2 Å². The van der Waals surface area contributed by atoms with Crippen molar-refractivity contribution in [3.63, 3.8) is 0 Å². The summed E-state index contributed by atoms with van der Waals surface area (Å²) in [6.07, 6.45) is 0.725. The second-order valence-electron chi connectivity index (χ2n) is 7.34. The molecular formula is C24H19N3O3S2. The van der Waals surface area contributed by atoms with Crippen LogP contribution in [0.15, 0.2) is 77.0 Å². The van der Waals surface area contributed by atoms with Gasteiger partial charge in [-0.1, -0.05) is 48.2 Å². The number of carbonyl (C=O) groups excluding carboxylic acids is 2. The average molecular weight is 462 g/mol. The molecule has 1 aliphatic heterocycles. The van der Waals surface area contributed by atoms with Gasteiger partial charge in [-0.25, -0.2) is 0 Å². The number of thiophene rings is 1. The molecule has 5 rings (SSSR count). The van der Waals surface area contributed by atoms with Crippen LogP contribution in [0.25, 0.3) is 5.57 Å². The number of nitrogen functional groups attached to an aromatic ring is 1. The number of amides is 1. The number of benzene rings is 2. The lowest BCUT2D eigenvalue weighted by atomic mass is 9.90. The minimum atomic E-state index is -0.287. The minimum absolute atomic E-state index is 0.0275. The molecule has 0 atom stereocenters. The van der Waals surface area contributed by atoms with Crippen LogP contribution < -0.4 is 16.0 Å². The van der Waals surface area contributed by atoms with E-state index < -0.39 is 0 Å². The van der Waals surface area contributed by atoms with Crippen molar-refractivity contribution in [2.45, 2.75) is 12.8 Å². The molecule has 160 valence electrons. The van der Waals surface area contributed by atoms with Crippen molar-refractivity contribution < 1.29 is 14.7 Å². The monoisotopic (exact) mass is 461 g/mol. The third kappa shape index (κ3) is 3.47. The molecule has 32 heavy (non-hydrogen) atoms. The van der Waals surface area contributed by atoms with Crippen LogP contribution in [0.1, 0.15) is 27.2 Å². The first-order chi connectivity index (χ1) is 15.5. The predicted molar refractivity (Wildman–Crippen MR) is 131 cm³/mol. The van der Waals surface area contributed by atoms with E-state index >= 15 is 0 Å². The number of Topliss-reactive ketones (excluding diaryl/α,β-unsaturated/α-hetero) is 1. The predicted octanol–water partition coefficient (Wildman–Crippen LogP) is 5.38. The Morgan fingerprint density at radius 2 is 1.72 bits per heavy atom. The zero-order chi connectivity index (χ0) is 22.2. The van der Waals surface area contributed by atoms with E-state index in [1.807, 2.05) is 60.7 Å². The zero-order valence-electron chi connectivity index (χ0n) is 16.9. The second-order valence-corrected chi connectivity index (χ2v) is 9.25. The van der Waals surface area contributed by atoms with Gasteiger partial charge in [-0.05, 0) is 36.2 Å². The molecule has 1 aromatic heterocycles. The SMILES string of the molecule is Nc1sc2c(c1C(=O)Nc1ccccc1)CCC(=O)C2=C1SC=C(O)N1c1ccccc1. The van der Waals surface area contributed by atoms with E-state index in [4.69, 9.17) is 5.73 Å². The first-order valence-corrected chi connectivity index (χ1v) is 11.7. The van der Waals surface area contributed by atoms with Crippen LogP contribution in [0, 0.1) is 0 Å². The Labute approximate surface area is 193 Å². The number of hydrogen-bond acceptors (Lipinski definition) is 7. The molecule has 0 spiro atoms. The van der Waals surface area contributed by atoms with Gasteiger partial charge in [0.2, 0.25) is 5.88 Å². The van der Waals surface area contributed by atoms with Crippen LogP contribution in [0.4, 0.5) is 16.4 Å². The van der Waals surface area contributed by atoms with Gasteiger partial charge in [-0.15, -0.1) is 11.3 Å². The van der Waals surface area contributed by atoms with Crippen molar-refractivity contribution in [1.29, 1.82) is 0 Å². The number of aliphatic hydroxyl groups is 1. The summed E-state index contributed by atoms with van der Waals surface area (Å²) in [6, 6.07) is 18.6. The Bertz CT molecular complexity index is 1280. The first kappa shape index (κ1) is 20.4. The fourth-order valence-electron chi connectivity index (χ4n) is 3.91. The standard InChI is InChI=1S/C24H19N3O3S2/c25-22-19(23(30)26-14-7-3-1-4-8-14)16-11-12-17(28)20(21(16)32-22)24-27(18(29)13-31-24)15-9-5-2-6-10-15/h1-10,13,29H,11-12,25H2,(H,26,30). The molecule has 8 heteroatoms. The average Bonchev–Trinajstić information content (AvgIpc) is 3.34. The Morgan fingerprint density at radius 1 is 1.03 bits per heavy atom. The molecule has 1 amide bonds. The molecular weight excluding hydrogens is 442 g/mol. The highest BCUT2D eigenvalue weighted by Gasteiger charge is 2.36. The molecule has 0 radical (unpaired) electrons. The van der Waals surface area contributed by atoms with Gasteiger partial charge in [-0.2, -0.15) is 0 Å². The van der Waals surface area contributed by atoms with Crippen molar-refractivity contribution in [1.82, 2.24) is 0 Å². The number of fused-ring (bicyclic) bond motifs is 1. The summed E-state index contributed by atoms with van der Waals surface area (Å²) < 4.78 is 0. The largest absolute Gasteiger partial charge is 0.494 e. The molecule has 1 aliphatic carbocycles. The number of nitrogens with zero attached hydrogens (tertiary/aromatic N) is 1. The zero-order valence-corrected chi connectivity index (χ0v) is 18.5. The van der Waals surface area contributed by atoms with Crippen molar-refractivity contribution in [3.05, 3.63) is 93.0 Å². The van der Waals surface area contributed by atoms with Crippen LogP contribution >= 0.6 is 23.1 Å². The molecule has 3 aromatic rings. The number of para-hydroxylation sites is 2. The van der Waals surface area contributed by atoms with Crippen LogP contribution in [0.2, 0.25) is 0 Å². The maximum Gasteiger partial charge on any atom is 0.258 e. The number of aliphatic hydroxyl groups excluding tert-OH is 1. The lowest BCUT2D eigenvalue weighted by Crippen LogP contribution is -2.22. The first-order valence-electron chi connectivity index (χ1n) is 10.0. The minimum Gasteiger partial charge on any atom is -0.494 e. The number of thioether (sulfide) groups is 1. The number of ketones is 1. The molecule has 0 bridgehead atoms. The lowest BCUT2D eigenvalue weighted by Gasteiger charge is -2.24. The number of carbonyl (C=O) groups is 2. The fourth-order valence-corrected chi connectivity index (χ4v) is 6.11. The van der Waals surface area contributed by atoms with E-state index in [0.717, 1.165) is 11.3 Å². The summed E-state index contributed by atoms with van der Waals surface area (Å²) >= 11 is 2.54. The van der Waals surface area contributed by atoms with Crippen molar-refractivity contribution in [2.24, 2.45) is 0 Å². The third-order valence-electron chi connectivity index (χ3n) is 5.34. The number of allylic oxidation sites excluding steroid dienone is 1. The molecule has 4 N–H and O–H groups in total. The Morgan fingerprint density at radius 3 is 2.44 bits per heavy atom. The number of anilines is 3. The van der Waals surface area contributed by atoms with Gasteiger partial charge in [0.25, 0.3) is 5.91 Å². The highest BCUT2D eigenvalue weighted by Crippen LogP contribution is 2.48. The summed E-state index contributed by atoms with van der Waals surface area (Å²) in [5, 5.41) is 16.0. The Hall–Kier alpha value is -3.49. The van der Waals surface area contributed by atoms with Crippen molar-refractivity contribution >= 4 is 56.7 Å². The quantitative estimate of drug-likeness (QED) is 0.454. The molecule has 6 nitrogen and oxygen atoms in total. The molecule has 0 unspecified atom stereocenters. The van der Waals surface area contributed by atoms with Gasteiger partial charge in [0, 0.05) is 28.1 Å². The topological polar surface area (TPSA) is 95.7 Å². The third-order valence-corrected chi connectivity index (χ3v) is 7.35. The second kappa shape index (κ2) is 8.22. The van der Waals surface area contributed by atoms with Crippen LogP contribution in [0.5, 0.6) is 0 Å². The van der Waals surface area contributed by atoms with Gasteiger partial charge in [0.1, 0.15) is 0 Å². The van der Waals surface area contributed by atoms with E-state index in [9.17, 15) is 14.7 Å². The van der Waals surface area contributed by atoms with Crippen LogP contribution in [-0.4, -0.2) is 16.8 Å². The van der Waals surface area contributed by atoms with Crippen LogP contribution in [0.3, 0.4) is 0 Å². The smallest absolute Gasteiger partial charge is 0.258 e. The lowest BCUT2D eigenvalue weighted by molar-refractivity contribution is -0.113. The highest BCUT2D eigenvalue weighted by atomic mass is 32.2. The van der Waals surface area contributed by atoms with E-state index in [1.54, 1.807) is 10.3 Å².